The predicted octanol–water partition coefficient (Wildman–Crippen LogP) is 2.23. The SMILES string of the molecule is CC(=O)NCCC1CCCN(C(=O)c2nnn(-c3ccc(F)c(F)c3)c2C)C1. The van der Waals surface area contributed by atoms with E-state index in [-0.39, 0.29) is 17.5 Å². The largest absolute Gasteiger partial charge is 0.356 e. The van der Waals surface area contributed by atoms with Gasteiger partial charge in [-0.1, -0.05) is 5.21 Å². The summed E-state index contributed by atoms with van der Waals surface area (Å²) in [5, 5.41) is 10.7. The van der Waals surface area contributed by atoms with Crippen molar-refractivity contribution in [1.29, 1.82) is 0 Å². The molecule has 1 aliphatic heterocycles. The highest BCUT2D eigenvalue weighted by molar-refractivity contribution is 5.93. The number of hydrogen-bond donors (Lipinski definition) is 1. The van der Waals surface area contributed by atoms with Crippen molar-refractivity contribution in [3.05, 3.63) is 41.2 Å². The average molecular weight is 391 g/mol. The van der Waals surface area contributed by atoms with E-state index in [0.29, 0.717) is 36.9 Å². The molecule has 9 heteroatoms. The number of nitrogens with zero attached hydrogens (tertiary/aromatic N) is 4. The van der Waals surface area contributed by atoms with Crippen molar-refractivity contribution in [2.45, 2.75) is 33.1 Å². The Bertz CT molecular complexity index is 883. The minimum atomic E-state index is -0.988. The van der Waals surface area contributed by atoms with E-state index in [0.717, 1.165) is 31.4 Å². The predicted molar refractivity (Wildman–Crippen MR) is 97.9 cm³/mol. The summed E-state index contributed by atoms with van der Waals surface area (Å²) in [7, 11) is 0. The summed E-state index contributed by atoms with van der Waals surface area (Å²) in [6.07, 6.45) is 2.70. The fourth-order valence-corrected chi connectivity index (χ4v) is 3.48. The number of benzene rings is 1. The summed E-state index contributed by atoms with van der Waals surface area (Å²) in [4.78, 5) is 25.7. The van der Waals surface area contributed by atoms with Crippen molar-refractivity contribution in [3.63, 3.8) is 0 Å². The molecule has 1 saturated heterocycles. The van der Waals surface area contributed by atoms with E-state index < -0.39 is 11.6 Å². The zero-order chi connectivity index (χ0) is 20.3. The molecular weight excluding hydrogens is 368 g/mol. The number of piperidine rings is 1. The molecule has 1 aromatic carbocycles. The molecule has 1 fully saturated rings. The van der Waals surface area contributed by atoms with Crippen LogP contribution >= 0.6 is 0 Å². The lowest BCUT2D eigenvalue weighted by Gasteiger charge is -2.32. The lowest BCUT2D eigenvalue weighted by atomic mass is 9.94. The van der Waals surface area contributed by atoms with E-state index in [1.165, 1.54) is 17.7 Å². The monoisotopic (exact) mass is 391 g/mol. The minimum Gasteiger partial charge on any atom is -0.356 e. The van der Waals surface area contributed by atoms with Crippen LogP contribution in [0.25, 0.3) is 5.69 Å². The molecule has 0 spiro atoms. The minimum absolute atomic E-state index is 0.0618. The molecule has 0 radical (unpaired) electrons. The van der Waals surface area contributed by atoms with E-state index in [1.807, 2.05) is 0 Å². The lowest BCUT2D eigenvalue weighted by molar-refractivity contribution is -0.119. The lowest BCUT2D eigenvalue weighted by Crippen LogP contribution is -2.41. The number of halogens is 2. The third-order valence-electron chi connectivity index (χ3n) is 4.98. The van der Waals surface area contributed by atoms with Crippen LogP contribution in [0.1, 0.15) is 42.4 Å². The first kappa shape index (κ1) is 19.9. The number of aromatic nitrogens is 3. The first-order valence-electron chi connectivity index (χ1n) is 9.28. The number of amides is 2. The molecule has 0 bridgehead atoms. The maximum atomic E-state index is 13.5. The summed E-state index contributed by atoms with van der Waals surface area (Å²) in [6.45, 7) is 4.97. The summed E-state index contributed by atoms with van der Waals surface area (Å²) in [5.41, 5.74) is 0.971. The second kappa shape index (κ2) is 8.45. The van der Waals surface area contributed by atoms with Gasteiger partial charge in [-0.3, -0.25) is 9.59 Å². The Morgan fingerprint density at radius 2 is 2.07 bits per heavy atom. The molecule has 0 saturated carbocycles. The number of hydrogen-bond acceptors (Lipinski definition) is 4. The maximum absolute atomic E-state index is 13.5. The van der Waals surface area contributed by atoms with Gasteiger partial charge in [0.1, 0.15) is 0 Å². The van der Waals surface area contributed by atoms with Crippen LogP contribution in [-0.2, 0) is 4.79 Å². The van der Waals surface area contributed by atoms with Gasteiger partial charge in [-0.05, 0) is 44.2 Å². The third-order valence-corrected chi connectivity index (χ3v) is 4.98. The molecule has 2 aromatic rings. The maximum Gasteiger partial charge on any atom is 0.276 e. The highest BCUT2D eigenvalue weighted by Gasteiger charge is 2.28. The zero-order valence-corrected chi connectivity index (χ0v) is 15.9. The Hall–Kier alpha value is -2.84. The number of rotatable bonds is 5. The van der Waals surface area contributed by atoms with E-state index in [1.54, 1.807) is 11.8 Å². The van der Waals surface area contributed by atoms with Crippen LogP contribution in [0.4, 0.5) is 8.78 Å². The number of likely N-dealkylation sites (tertiary alicyclic amines) is 1. The van der Waals surface area contributed by atoms with Gasteiger partial charge in [-0.15, -0.1) is 5.10 Å². The van der Waals surface area contributed by atoms with E-state index in [4.69, 9.17) is 0 Å². The molecule has 150 valence electrons. The van der Waals surface area contributed by atoms with Crippen LogP contribution < -0.4 is 5.32 Å². The van der Waals surface area contributed by atoms with Crippen LogP contribution in [0.2, 0.25) is 0 Å². The van der Waals surface area contributed by atoms with E-state index in [9.17, 15) is 18.4 Å². The molecular formula is C19H23F2N5O2. The van der Waals surface area contributed by atoms with Gasteiger partial charge < -0.3 is 10.2 Å². The van der Waals surface area contributed by atoms with Gasteiger partial charge in [0.25, 0.3) is 5.91 Å². The van der Waals surface area contributed by atoms with Crippen molar-refractivity contribution in [3.8, 4) is 5.69 Å². The molecule has 1 N–H and O–H groups in total. The Kier molecular flexibility index (Phi) is 6.01. The van der Waals surface area contributed by atoms with E-state index >= 15 is 0 Å². The van der Waals surface area contributed by atoms with Gasteiger partial charge in [-0.25, -0.2) is 13.5 Å². The molecule has 0 aliphatic carbocycles. The van der Waals surface area contributed by atoms with Crippen molar-refractivity contribution in [1.82, 2.24) is 25.2 Å². The highest BCUT2D eigenvalue weighted by Crippen LogP contribution is 2.22. The fourth-order valence-electron chi connectivity index (χ4n) is 3.48. The van der Waals surface area contributed by atoms with Gasteiger partial charge in [0.2, 0.25) is 5.91 Å². The molecule has 28 heavy (non-hydrogen) atoms. The average Bonchev–Trinajstić information content (AvgIpc) is 3.05. The van der Waals surface area contributed by atoms with Gasteiger partial charge in [0.15, 0.2) is 17.3 Å². The van der Waals surface area contributed by atoms with Crippen LogP contribution in [0.5, 0.6) is 0 Å². The zero-order valence-electron chi connectivity index (χ0n) is 15.9. The molecule has 1 unspecified atom stereocenters. The van der Waals surface area contributed by atoms with Crippen LogP contribution in [-0.4, -0.2) is 51.3 Å². The molecule has 2 heterocycles. The topological polar surface area (TPSA) is 80.1 Å². The van der Waals surface area contributed by atoms with Gasteiger partial charge in [0.05, 0.1) is 11.4 Å². The highest BCUT2D eigenvalue weighted by atomic mass is 19.2. The second-order valence-corrected chi connectivity index (χ2v) is 7.06. The molecule has 1 atom stereocenters. The molecule has 2 amide bonds. The Balaban J connectivity index is 1.71. The Morgan fingerprint density at radius 3 is 2.79 bits per heavy atom. The Morgan fingerprint density at radius 1 is 1.29 bits per heavy atom. The number of carbonyl (C=O) groups is 2. The Labute approximate surface area is 161 Å². The van der Waals surface area contributed by atoms with Gasteiger partial charge >= 0.3 is 0 Å². The second-order valence-electron chi connectivity index (χ2n) is 7.06. The molecule has 1 aromatic heterocycles. The first-order chi connectivity index (χ1) is 13.4. The standard InChI is InChI=1S/C19H23F2N5O2/c1-12-18(23-24-26(12)15-5-6-16(20)17(21)10-15)19(28)25-9-3-4-14(11-25)7-8-22-13(2)27/h5-6,10,14H,3-4,7-9,11H2,1-2H3,(H,22,27). The van der Waals surface area contributed by atoms with Crippen molar-refractivity contribution in [2.24, 2.45) is 5.92 Å². The summed E-state index contributed by atoms with van der Waals surface area (Å²) < 4.78 is 28.0. The quantitative estimate of drug-likeness (QED) is 0.848. The van der Waals surface area contributed by atoms with Crippen LogP contribution in [0, 0.1) is 24.5 Å². The van der Waals surface area contributed by atoms with E-state index in [2.05, 4.69) is 15.6 Å². The van der Waals surface area contributed by atoms with Gasteiger partial charge in [0, 0.05) is 32.6 Å². The van der Waals surface area contributed by atoms with Crippen LogP contribution in [0.15, 0.2) is 18.2 Å². The van der Waals surface area contributed by atoms with Crippen molar-refractivity contribution >= 4 is 11.8 Å². The molecule has 1 aliphatic rings. The third kappa shape index (κ3) is 4.35. The molecule has 3 rings (SSSR count). The molecule has 7 nitrogen and oxygen atoms in total. The number of nitrogens with one attached hydrogen (secondary N) is 1. The normalized spacial score (nSPS) is 16.9. The summed E-state index contributed by atoms with van der Waals surface area (Å²) in [6, 6.07) is 3.41. The smallest absolute Gasteiger partial charge is 0.276 e. The number of carbonyl (C=O) groups excluding carboxylic acids is 2. The fraction of sp³-hybridized carbons (Fsp3) is 0.474. The van der Waals surface area contributed by atoms with Gasteiger partial charge in [-0.2, -0.15) is 0 Å². The van der Waals surface area contributed by atoms with Crippen molar-refractivity contribution < 1.29 is 18.4 Å². The summed E-state index contributed by atoms with van der Waals surface area (Å²) >= 11 is 0. The van der Waals surface area contributed by atoms with Crippen LogP contribution in [0.3, 0.4) is 0 Å². The summed E-state index contributed by atoms with van der Waals surface area (Å²) in [5.74, 6) is -1.91. The van der Waals surface area contributed by atoms with Crippen molar-refractivity contribution in [2.75, 3.05) is 19.6 Å². The first-order valence-corrected chi connectivity index (χ1v) is 9.28.